The minimum absolute atomic E-state index is 0.167. The number of benzene rings is 2. The zero-order valence-electron chi connectivity index (χ0n) is 14.0. The van der Waals surface area contributed by atoms with Gasteiger partial charge in [-0.3, -0.25) is 4.90 Å². The first-order valence-corrected chi connectivity index (χ1v) is 9.07. The zero-order chi connectivity index (χ0) is 17.2. The average Bonchev–Trinajstić information content (AvgIpc) is 3.01. The summed E-state index contributed by atoms with van der Waals surface area (Å²) in [6.07, 6.45) is 3.15. The maximum Gasteiger partial charge on any atom is 0.189 e. The molecular formula is C20H21ClFNO2. The lowest BCUT2D eigenvalue weighted by atomic mass is 10.0. The Bertz CT molecular complexity index is 767. The highest BCUT2D eigenvalue weighted by molar-refractivity contribution is 6.30. The molecule has 0 aliphatic carbocycles. The standard InChI is InChI=1S/C20H21ClFNO2/c21-17-9-15(20-16(10-17)12-24-13-25-20)11-23-6-2-5-19(23)8-14-3-1-4-18(22)7-14/h1,3-4,7,9-10,19H,2,5-6,8,11-13H2. The second-order valence-electron chi connectivity index (χ2n) is 6.76. The van der Waals surface area contributed by atoms with Gasteiger partial charge in [0.1, 0.15) is 11.6 Å². The first-order valence-electron chi connectivity index (χ1n) is 8.69. The van der Waals surface area contributed by atoms with E-state index < -0.39 is 0 Å². The average molecular weight is 362 g/mol. The normalized spacial score (nSPS) is 20.3. The molecule has 0 N–H and O–H groups in total. The third kappa shape index (κ3) is 3.81. The monoisotopic (exact) mass is 361 g/mol. The molecule has 0 aromatic heterocycles. The fourth-order valence-electron chi connectivity index (χ4n) is 3.86. The number of likely N-dealkylation sites (tertiary alicyclic amines) is 1. The van der Waals surface area contributed by atoms with Crippen LogP contribution in [0.25, 0.3) is 0 Å². The van der Waals surface area contributed by atoms with E-state index in [9.17, 15) is 4.39 Å². The Morgan fingerprint density at radius 2 is 2.16 bits per heavy atom. The second-order valence-corrected chi connectivity index (χ2v) is 7.20. The van der Waals surface area contributed by atoms with Crippen LogP contribution in [0.15, 0.2) is 36.4 Å². The first-order chi connectivity index (χ1) is 12.2. The molecule has 0 saturated carbocycles. The van der Waals surface area contributed by atoms with Crippen molar-refractivity contribution in [3.8, 4) is 5.75 Å². The summed E-state index contributed by atoms with van der Waals surface area (Å²) < 4.78 is 24.6. The van der Waals surface area contributed by atoms with Crippen LogP contribution >= 0.6 is 11.6 Å². The highest BCUT2D eigenvalue weighted by Gasteiger charge is 2.27. The highest BCUT2D eigenvalue weighted by Crippen LogP contribution is 2.34. The van der Waals surface area contributed by atoms with Crippen molar-refractivity contribution >= 4 is 11.6 Å². The summed E-state index contributed by atoms with van der Waals surface area (Å²) in [5, 5.41) is 0.712. The fourth-order valence-corrected chi connectivity index (χ4v) is 4.13. The third-order valence-electron chi connectivity index (χ3n) is 4.98. The van der Waals surface area contributed by atoms with Gasteiger partial charge in [0.15, 0.2) is 6.79 Å². The number of ether oxygens (including phenoxy) is 2. The topological polar surface area (TPSA) is 21.7 Å². The molecule has 2 aromatic rings. The summed E-state index contributed by atoms with van der Waals surface area (Å²) in [6, 6.07) is 11.2. The smallest absolute Gasteiger partial charge is 0.189 e. The summed E-state index contributed by atoms with van der Waals surface area (Å²) in [6.45, 7) is 2.66. The predicted octanol–water partition coefficient (Wildman–Crippen LogP) is 4.55. The fraction of sp³-hybridized carbons (Fsp3) is 0.400. The number of halogens is 2. The molecule has 0 bridgehead atoms. The molecule has 2 heterocycles. The minimum atomic E-state index is -0.167. The van der Waals surface area contributed by atoms with E-state index in [1.54, 1.807) is 12.1 Å². The minimum Gasteiger partial charge on any atom is -0.467 e. The van der Waals surface area contributed by atoms with E-state index in [0.29, 0.717) is 17.7 Å². The van der Waals surface area contributed by atoms with Gasteiger partial charge in [-0.15, -0.1) is 0 Å². The Balaban J connectivity index is 1.53. The molecule has 4 rings (SSSR count). The maximum atomic E-state index is 13.5. The van der Waals surface area contributed by atoms with Crippen LogP contribution in [0.1, 0.15) is 29.5 Å². The Kier molecular flexibility index (Phi) is 4.93. The largest absolute Gasteiger partial charge is 0.467 e. The van der Waals surface area contributed by atoms with Gasteiger partial charge in [-0.25, -0.2) is 4.39 Å². The van der Waals surface area contributed by atoms with Gasteiger partial charge in [0.25, 0.3) is 0 Å². The Labute approximate surface area is 152 Å². The molecule has 0 amide bonds. The molecule has 0 radical (unpaired) electrons. The lowest BCUT2D eigenvalue weighted by Crippen LogP contribution is -2.31. The third-order valence-corrected chi connectivity index (χ3v) is 5.20. The Morgan fingerprint density at radius 1 is 1.24 bits per heavy atom. The van der Waals surface area contributed by atoms with Crippen molar-refractivity contribution in [2.45, 2.75) is 38.5 Å². The van der Waals surface area contributed by atoms with Gasteiger partial charge in [0.2, 0.25) is 0 Å². The van der Waals surface area contributed by atoms with Gasteiger partial charge < -0.3 is 9.47 Å². The molecule has 2 aliphatic heterocycles. The van der Waals surface area contributed by atoms with E-state index in [2.05, 4.69) is 4.90 Å². The number of nitrogens with zero attached hydrogens (tertiary/aromatic N) is 1. The van der Waals surface area contributed by atoms with E-state index in [4.69, 9.17) is 21.1 Å². The van der Waals surface area contributed by atoms with Crippen LogP contribution in [-0.4, -0.2) is 24.3 Å². The molecule has 2 aromatic carbocycles. The predicted molar refractivity (Wildman–Crippen MR) is 95.3 cm³/mol. The van der Waals surface area contributed by atoms with Crippen molar-refractivity contribution in [1.82, 2.24) is 4.90 Å². The molecule has 2 aliphatic rings. The summed E-state index contributed by atoms with van der Waals surface area (Å²) in [5.41, 5.74) is 3.17. The van der Waals surface area contributed by atoms with E-state index >= 15 is 0 Å². The number of hydrogen-bond acceptors (Lipinski definition) is 3. The Hall–Kier alpha value is -1.62. The summed E-state index contributed by atoms with van der Waals surface area (Å²) in [4.78, 5) is 2.45. The molecule has 0 spiro atoms. The van der Waals surface area contributed by atoms with E-state index in [-0.39, 0.29) is 12.6 Å². The number of hydrogen-bond donors (Lipinski definition) is 0. The van der Waals surface area contributed by atoms with Crippen molar-refractivity contribution < 1.29 is 13.9 Å². The van der Waals surface area contributed by atoms with Crippen LogP contribution < -0.4 is 4.74 Å². The van der Waals surface area contributed by atoms with Crippen LogP contribution in [0.4, 0.5) is 4.39 Å². The summed E-state index contributed by atoms with van der Waals surface area (Å²) >= 11 is 6.28. The molecule has 3 nitrogen and oxygen atoms in total. The van der Waals surface area contributed by atoms with Crippen LogP contribution in [-0.2, 0) is 24.3 Å². The van der Waals surface area contributed by atoms with Gasteiger partial charge in [0.05, 0.1) is 6.61 Å². The van der Waals surface area contributed by atoms with Crippen LogP contribution in [0.5, 0.6) is 5.75 Å². The first kappa shape index (κ1) is 16.8. The summed E-state index contributed by atoms with van der Waals surface area (Å²) in [5.74, 6) is 0.742. The molecule has 5 heteroatoms. The van der Waals surface area contributed by atoms with Gasteiger partial charge in [-0.2, -0.15) is 0 Å². The van der Waals surface area contributed by atoms with E-state index in [1.165, 1.54) is 6.07 Å². The lowest BCUT2D eigenvalue weighted by Gasteiger charge is -2.27. The number of fused-ring (bicyclic) bond motifs is 1. The second kappa shape index (κ2) is 7.32. The molecule has 1 atom stereocenters. The van der Waals surface area contributed by atoms with Crippen molar-refractivity contribution in [3.63, 3.8) is 0 Å². The van der Waals surface area contributed by atoms with Crippen molar-refractivity contribution in [2.24, 2.45) is 0 Å². The molecule has 1 unspecified atom stereocenters. The van der Waals surface area contributed by atoms with Crippen molar-refractivity contribution in [2.75, 3.05) is 13.3 Å². The molecule has 1 saturated heterocycles. The van der Waals surface area contributed by atoms with Crippen molar-refractivity contribution in [1.29, 1.82) is 0 Å². The lowest BCUT2D eigenvalue weighted by molar-refractivity contribution is -0.0175. The number of rotatable bonds is 4. The van der Waals surface area contributed by atoms with E-state index in [0.717, 1.165) is 54.8 Å². The van der Waals surface area contributed by atoms with Crippen LogP contribution in [0.2, 0.25) is 5.02 Å². The molecule has 25 heavy (non-hydrogen) atoms. The quantitative estimate of drug-likeness (QED) is 0.797. The van der Waals surface area contributed by atoms with Gasteiger partial charge in [-0.05, 0) is 55.6 Å². The molecule has 1 fully saturated rings. The summed E-state index contributed by atoms with van der Waals surface area (Å²) in [7, 11) is 0. The molecule has 132 valence electrons. The zero-order valence-corrected chi connectivity index (χ0v) is 14.8. The Morgan fingerprint density at radius 3 is 3.04 bits per heavy atom. The molecular weight excluding hydrogens is 341 g/mol. The SMILES string of the molecule is Fc1cccc(CC2CCCN2Cc2cc(Cl)cc3c2OCOC3)c1. The van der Waals surface area contributed by atoms with Gasteiger partial charge >= 0.3 is 0 Å². The van der Waals surface area contributed by atoms with E-state index in [1.807, 2.05) is 18.2 Å². The highest BCUT2D eigenvalue weighted by atomic mass is 35.5. The van der Waals surface area contributed by atoms with Gasteiger partial charge in [0, 0.05) is 28.7 Å². The van der Waals surface area contributed by atoms with Crippen LogP contribution in [0.3, 0.4) is 0 Å². The van der Waals surface area contributed by atoms with Gasteiger partial charge in [-0.1, -0.05) is 23.7 Å². The maximum absolute atomic E-state index is 13.5. The van der Waals surface area contributed by atoms with Crippen molar-refractivity contribution in [3.05, 3.63) is 63.9 Å². The van der Waals surface area contributed by atoms with Crippen LogP contribution in [0, 0.1) is 5.82 Å².